The third kappa shape index (κ3) is 3.74. The average Bonchev–Trinajstić information content (AvgIpc) is 2.72. The molecule has 5 nitrogen and oxygen atoms in total. The van der Waals surface area contributed by atoms with Gasteiger partial charge in [0.1, 0.15) is 0 Å². The molecule has 0 radical (unpaired) electrons. The van der Waals surface area contributed by atoms with Crippen molar-refractivity contribution in [1.82, 2.24) is 4.98 Å². The molecule has 0 aliphatic rings. The van der Waals surface area contributed by atoms with E-state index in [1.807, 2.05) is 68.4 Å². The number of fused-ring (bicyclic) bond motifs is 1. The molecule has 0 bridgehead atoms. The molecule has 1 aromatic heterocycles. The third-order valence-corrected chi connectivity index (χ3v) is 4.88. The van der Waals surface area contributed by atoms with Gasteiger partial charge in [0.25, 0.3) is 5.91 Å². The molecule has 0 unspecified atom stereocenters. The summed E-state index contributed by atoms with van der Waals surface area (Å²) in [5.74, 6) is -0.792. The lowest BCUT2D eigenvalue weighted by molar-refractivity contribution is -0.126. The maximum atomic E-state index is 13.0. The van der Waals surface area contributed by atoms with E-state index >= 15 is 0 Å². The van der Waals surface area contributed by atoms with Crippen molar-refractivity contribution in [3.8, 4) is 0 Å². The number of benzene rings is 2. The molecular formula is C23H24N2O3. The predicted molar refractivity (Wildman–Crippen MR) is 111 cm³/mol. The number of aryl methyl sites for hydroxylation is 1. The number of para-hydroxylation sites is 2. The molecule has 0 spiro atoms. The van der Waals surface area contributed by atoms with E-state index in [1.54, 1.807) is 14.0 Å². The quantitative estimate of drug-likeness (QED) is 0.623. The van der Waals surface area contributed by atoms with Crippen LogP contribution in [0.2, 0.25) is 0 Å². The zero-order valence-corrected chi connectivity index (χ0v) is 16.6. The molecule has 2 aromatic carbocycles. The van der Waals surface area contributed by atoms with Crippen LogP contribution >= 0.6 is 0 Å². The highest BCUT2D eigenvalue weighted by Gasteiger charge is 2.25. The van der Waals surface area contributed by atoms with Crippen LogP contribution in [0.3, 0.4) is 0 Å². The number of nitrogens with zero attached hydrogens (tertiary/aromatic N) is 2. The summed E-state index contributed by atoms with van der Waals surface area (Å²) in [6.07, 6.45) is -0.198. The second-order valence-electron chi connectivity index (χ2n) is 6.71. The largest absolute Gasteiger partial charge is 0.449 e. The van der Waals surface area contributed by atoms with E-state index in [4.69, 9.17) is 4.74 Å². The Kier molecular flexibility index (Phi) is 5.73. The lowest BCUT2D eigenvalue weighted by Crippen LogP contribution is -2.37. The van der Waals surface area contributed by atoms with Crippen LogP contribution in [0.5, 0.6) is 0 Å². The van der Waals surface area contributed by atoms with Gasteiger partial charge in [0.2, 0.25) is 0 Å². The van der Waals surface area contributed by atoms with Crippen molar-refractivity contribution < 1.29 is 14.3 Å². The highest BCUT2D eigenvalue weighted by atomic mass is 16.5. The lowest BCUT2D eigenvalue weighted by Gasteiger charge is -2.22. The fraction of sp³-hybridized carbons (Fsp3) is 0.261. The van der Waals surface area contributed by atoms with Gasteiger partial charge in [-0.05, 0) is 44.0 Å². The summed E-state index contributed by atoms with van der Waals surface area (Å²) < 4.78 is 5.57. The average molecular weight is 376 g/mol. The number of hydrogen-bond donors (Lipinski definition) is 0. The molecule has 1 amide bonds. The Morgan fingerprint density at radius 1 is 1.07 bits per heavy atom. The summed E-state index contributed by atoms with van der Waals surface area (Å²) in [5, 5.41) is 0.735. The Morgan fingerprint density at radius 2 is 1.71 bits per heavy atom. The van der Waals surface area contributed by atoms with Crippen LogP contribution in [0.15, 0.2) is 54.6 Å². The summed E-state index contributed by atoms with van der Waals surface area (Å²) in [5.41, 5.74) is 3.62. The van der Waals surface area contributed by atoms with Crippen molar-refractivity contribution in [2.75, 3.05) is 11.9 Å². The summed E-state index contributed by atoms with van der Waals surface area (Å²) in [4.78, 5) is 31.8. The van der Waals surface area contributed by atoms with Crippen LogP contribution in [-0.4, -0.2) is 30.0 Å². The summed E-state index contributed by atoms with van der Waals surface area (Å²) in [6, 6.07) is 16.7. The van der Waals surface area contributed by atoms with Crippen molar-refractivity contribution in [3.63, 3.8) is 0 Å². The second-order valence-corrected chi connectivity index (χ2v) is 6.71. The first-order chi connectivity index (χ1) is 13.4. The van der Waals surface area contributed by atoms with Gasteiger partial charge < -0.3 is 9.64 Å². The molecule has 0 N–H and O–H groups in total. The van der Waals surface area contributed by atoms with Crippen LogP contribution in [0.1, 0.15) is 35.5 Å². The Balaban J connectivity index is 1.88. The smallest absolute Gasteiger partial charge is 0.339 e. The maximum Gasteiger partial charge on any atom is 0.339 e. The first-order valence-electron chi connectivity index (χ1n) is 9.35. The molecule has 0 fully saturated rings. The Labute approximate surface area is 165 Å². The van der Waals surface area contributed by atoms with E-state index in [1.165, 1.54) is 4.90 Å². The number of aromatic nitrogens is 1. The summed E-state index contributed by atoms with van der Waals surface area (Å²) >= 11 is 0. The van der Waals surface area contributed by atoms with Crippen LogP contribution in [0, 0.1) is 6.92 Å². The van der Waals surface area contributed by atoms with Crippen LogP contribution in [0.4, 0.5) is 5.69 Å². The summed E-state index contributed by atoms with van der Waals surface area (Å²) in [7, 11) is 1.67. The highest BCUT2D eigenvalue weighted by molar-refractivity contribution is 6.06. The first-order valence-corrected chi connectivity index (χ1v) is 9.35. The van der Waals surface area contributed by atoms with E-state index in [-0.39, 0.29) is 5.91 Å². The van der Waals surface area contributed by atoms with Gasteiger partial charge >= 0.3 is 5.97 Å². The monoisotopic (exact) mass is 376 g/mol. The third-order valence-electron chi connectivity index (χ3n) is 4.88. The van der Waals surface area contributed by atoms with E-state index < -0.39 is 12.1 Å². The molecule has 0 aliphatic carbocycles. The standard InChI is InChI=1S/C23H24N2O3/c1-5-19-15(2)21(18-13-9-10-14-20(18)24-19)23(27)28-16(3)22(26)25(4)17-11-7-6-8-12-17/h6-14,16H,5H2,1-4H3/t16-/m0/s1. The molecule has 3 aromatic rings. The van der Waals surface area contributed by atoms with Crippen molar-refractivity contribution in [2.45, 2.75) is 33.3 Å². The van der Waals surface area contributed by atoms with Crippen molar-refractivity contribution in [1.29, 1.82) is 0 Å². The molecule has 28 heavy (non-hydrogen) atoms. The number of rotatable bonds is 5. The molecule has 0 saturated heterocycles. The molecule has 1 atom stereocenters. The van der Waals surface area contributed by atoms with Crippen molar-refractivity contribution in [3.05, 3.63) is 71.4 Å². The minimum absolute atomic E-state index is 0.286. The number of anilines is 1. The zero-order chi connectivity index (χ0) is 20.3. The van der Waals surface area contributed by atoms with E-state index in [0.717, 1.165) is 27.8 Å². The molecule has 5 heteroatoms. The molecule has 144 valence electrons. The Morgan fingerprint density at radius 3 is 2.39 bits per heavy atom. The van der Waals surface area contributed by atoms with Crippen LogP contribution in [0.25, 0.3) is 10.9 Å². The van der Waals surface area contributed by atoms with E-state index in [2.05, 4.69) is 4.98 Å². The van der Waals surface area contributed by atoms with Gasteiger partial charge in [0, 0.05) is 23.8 Å². The molecule has 0 aliphatic heterocycles. The number of ether oxygens (including phenoxy) is 1. The molecule has 0 saturated carbocycles. The number of pyridine rings is 1. The first kappa shape index (κ1) is 19.5. The second kappa shape index (κ2) is 8.21. The lowest BCUT2D eigenvalue weighted by atomic mass is 10.0. The highest BCUT2D eigenvalue weighted by Crippen LogP contribution is 2.25. The number of amides is 1. The maximum absolute atomic E-state index is 13.0. The van der Waals surface area contributed by atoms with Gasteiger partial charge in [-0.3, -0.25) is 9.78 Å². The minimum atomic E-state index is -0.908. The zero-order valence-electron chi connectivity index (χ0n) is 16.6. The predicted octanol–water partition coefficient (Wildman–Crippen LogP) is 4.31. The van der Waals surface area contributed by atoms with Crippen LogP contribution < -0.4 is 4.90 Å². The molecular weight excluding hydrogens is 352 g/mol. The number of likely N-dealkylation sites (N-methyl/N-ethyl adjacent to an activating group) is 1. The number of esters is 1. The number of hydrogen-bond acceptors (Lipinski definition) is 4. The Hall–Kier alpha value is -3.21. The number of carbonyl (C=O) groups is 2. The topological polar surface area (TPSA) is 59.5 Å². The SMILES string of the molecule is CCc1nc2ccccc2c(C(=O)O[C@@H](C)C(=O)N(C)c2ccccc2)c1C. The number of carbonyl (C=O) groups excluding carboxylic acids is 2. The minimum Gasteiger partial charge on any atom is -0.449 e. The Bertz CT molecular complexity index is 1020. The van der Waals surface area contributed by atoms with Gasteiger partial charge in [0.05, 0.1) is 11.1 Å². The normalized spacial score (nSPS) is 11.9. The van der Waals surface area contributed by atoms with Gasteiger partial charge in [-0.1, -0.05) is 43.3 Å². The molecule has 3 rings (SSSR count). The van der Waals surface area contributed by atoms with Crippen molar-refractivity contribution >= 4 is 28.5 Å². The van der Waals surface area contributed by atoms with Gasteiger partial charge in [-0.25, -0.2) is 4.79 Å². The summed E-state index contributed by atoms with van der Waals surface area (Å²) in [6.45, 7) is 5.47. The van der Waals surface area contributed by atoms with E-state index in [9.17, 15) is 9.59 Å². The molecule has 1 heterocycles. The van der Waals surface area contributed by atoms with Crippen LogP contribution in [-0.2, 0) is 16.0 Å². The van der Waals surface area contributed by atoms with Gasteiger partial charge in [-0.2, -0.15) is 0 Å². The van der Waals surface area contributed by atoms with Crippen molar-refractivity contribution in [2.24, 2.45) is 0 Å². The van der Waals surface area contributed by atoms with Gasteiger partial charge in [0.15, 0.2) is 6.10 Å². The fourth-order valence-electron chi connectivity index (χ4n) is 3.29. The van der Waals surface area contributed by atoms with E-state index in [0.29, 0.717) is 12.0 Å². The fourth-order valence-corrected chi connectivity index (χ4v) is 3.29. The van der Waals surface area contributed by atoms with Gasteiger partial charge in [-0.15, -0.1) is 0 Å².